The summed E-state index contributed by atoms with van der Waals surface area (Å²) < 4.78 is 6.94. The van der Waals surface area contributed by atoms with Crippen molar-refractivity contribution in [2.24, 2.45) is 0 Å². The van der Waals surface area contributed by atoms with Gasteiger partial charge in [-0.15, -0.1) is 0 Å². The van der Waals surface area contributed by atoms with Crippen molar-refractivity contribution in [2.75, 3.05) is 6.61 Å². The molecule has 1 heterocycles. The van der Waals surface area contributed by atoms with Crippen LogP contribution in [0.4, 0.5) is 0 Å². The van der Waals surface area contributed by atoms with Crippen LogP contribution in [0.5, 0.6) is 0 Å². The Balaban J connectivity index is 2.31. The zero-order valence-electron chi connectivity index (χ0n) is 9.30. The molecule has 1 unspecified atom stereocenters. The van der Waals surface area contributed by atoms with Gasteiger partial charge in [-0.05, 0) is 38.5 Å². The molecule has 1 aliphatic heterocycles. The number of nitrogens with one attached hydrogen (secondary N) is 1. The molecule has 15 heavy (non-hydrogen) atoms. The Hall–Kier alpha value is -0.380. The molecule has 0 saturated carbocycles. The maximum absolute atomic E-state index is 5.86. The zero-order valence-corrected chi connectivity index (χ0v) is 10.9. The van der Waals surface area contributed by atoms with Crippen molar-refractivity contribution in [3.05, 3.63) is 34.3 Å². The highest BCUT2D eigenvalue weighted by molar-refractivity contribution is 9.10. The minimum Gasteiger partial charge on any atom is -0.355 e. The van der Waals surface area contributed by atoms with E-state index < -0.39 is 0 Å². The largest absolute Gasteiger partial charge is 0.355 e. The van der Waals surface area contributed by atoms with E-state index in [9.17, 15) is 0 Å². The molecule has 0 bridgehead atoms. The van der Waals surface area contributed by atoms with E-state index in [1.807, 2.05) is 12.1 Å². The van der Waals surface area contributed by atoms with Crippen LogP contribution in [0.3, 0.4) is 0 Å². The summed E-state index contributed by atoms with van der Waals surface area (Å²) in [6, 6.07) is 8.22. The maximum atomic E-state index is 5.86. The lowest BCUT2D eigenvalue weighted by Gasteiger charge is -2.27. The molecule has 82 valence electrons. The van der Waals surface area contributed by atoms with Crippen molar-refractivity contribution in [2.45, 2.75) is 32.0 Å². The second-order valence-corrected chi connectivity index (χ2v) is 5.76. The molecule has 1 atom stereocenters. The summed E-state index contributed by atoms with van der Waals surface area (Å²) in [4.78, 5) is 0. The normalized spacial score (nSPS) is 29.3. The summed E-state index contributed by atoms with van der Waals surface area (Å²) in [5, 5.41) is 3.51. The van der Waals surface area contributed by atoms with Crippen LogP contribution >= 0.6 is 15.9 Å². The molecule has 1 N–H and O–H groups in total. The second kappa shape index (κ2) is 3.58. The summed E-state index contributed by atoms with van der Waals surface area (Å²) in [6.45, 7) is 7.10. The average Bonchev–Trinajstić information content (AvgIpc) is 2.42. The lowest BCUT2D eigenvalue weighted by molar-refractivity contribution is 0.00214. The first kappa shape index (κ1) is 11.1. The lowest BCUT2D eigenvalue weighted by Crippen LogP contribution is -2.44. The Bertz CT molecular complexity index is 378. The quantitative estimate of drug-likeness (QED) is 0.847. The summed E-state index contributed by atoms with van der Waals surface area (Å²) in [7, 11) is 0. The summed E-state index contributed by atoms with van der Waals surface area (Å²) in [6.07, 6.45) is 0. The molecule has 2 rings (SSSR count). The van der Waals surface area contributed by atoms with Crippen LogP contribution in [-0.2, 0) is 10.5 Å². The molecule has 0 radical (unpaired) electrons. The minimum absolute atomic E-state index is 0.0388. The van der Waals surface area contributed by atoms with Crippen LogP contribution in [0.25, 0.3) is 0 Å². The van der Waals surface area contributed by atoms with Gasteiger partial charge in [0.25, 0.3) is 0 Å². The molecule has 0 amide bonds. The molecule has 0 spiro atoms. The van der Waals surface area contributed by atoms with Gasteiger partial charge in [-0.25, -0.2) is 0 Å². The van der Waals surface area contributed by atoms with Crippen molar-refractivity contribution < 1.29 is 4.74 Å². The van der Waals surface area contributed by atoms with E-state index in [1.54, 1.807) is 0 Å². The lowest BCUT2D eigenvalue weighted by atomic mass is 10.0. The van der Waals surface area contributed by atoms with E-state index in [2.05, 4.69) is 54.2 Å². The van der Waals surface area contributed by atoms with Crippen LogP contribution < -0.4 is 5.32 Å². The Morgan fingerprint density at radius 1 is 1.33 bits per heavy atom. The van der Waals surface area contributed by atoms with Crippen LogP contribution in [0, 0.1) is 0 Å². The van der Waals surface area contributed by atoms with Crippen molar-refractivity contribution in [1.29, 1.82) is 0 Å². The number of rotatable bonds is 1. The molecular weight excluding hydrogens is 254 g/mol. The van der Waals surface area contributed by atoms with Gasteiger partial charge in [0.1, 0.15) is 5.72 Å². The molecule has 2 nitrogen and oxygen atoms in total. The first-order valence-corrected chi connectivity index (χ1v) is 5.90. The fourth-order valence-electron chi connectivity index (χ4n) is 1.98. The van der Waals surface area contributed by atoms with Crippen molar-refractivity contribution >= 4 is 15.9 Å². The number of hydrogen-bond acceptors (Lipinski definition) is 2. The number of hydrogen-bond donors (Lipinski definition) is 1. The fraction of sp³-hybridized carbons (Fsp3) is 0.500. The topological polar surface area (TPSA) is 21.3 Å². The molecule has 1 fully saturated rings. The van der Waals surface area contributed by atoms with E-state index in [1.165, 1.54) is 0 Å². The Labute approximate surface area is 99.1 Å². The van der Waals surface area contributed by atoms with Crippen molar-refractivity contribution in [3.8, 4) is 0 Å². The van der Waals surface area contributed by atoms with E-state index >= 15 is 0 Å². The van der Waals surface area contributed by atoms with Gasteiger partial charge in [0.15, 0.2) is 0 Å². The van der Waals surface area contributed by atoms with Crippen LogP contribution in [0.1, 0.15) is 26.3 Å². The van der Waals surface area contributed by atoms with Gasteiger partial charge in [0, 0.05) is 10.0 Å². The fourth-order valence-corrected chi connectivity index (χ4v) is 2.38. The monoisotopic (exact) mass is 269 g/mol. The third-order valence-corrected chi connectivity index (χ3v) is 3.17. The minimum atomic E-state index is -0.368. The molecule has 3 heteroatoms. The SMILES string of the molecule is CC1(C)COC(C)(c2cccc(Br)c2)N1. The third kappa shape index (κ3) is 2.25. The second-order valence-electron chi connectivity index (χ2n) is 4.84. The predicted octanol–water partition coefficient (Wildman–Crippen LogP) is 3.02. The molecule has 0 aliphatic carbocycles. The number of halogens is 1. The van der Waals surface area contributed by atoms with E-state index in [0.29, 0.717) is 0 Å². The average molecular weight is 270 g/mol. The van der Waals surface area contributed by atoms with Crippen LogP contribution in [-0.4, -0.2) is 12.1 Å². The Morgan fingerprint density at radius 3 is 2.60 bits per heavy atom. The first-order valence-electron chi connectivity index (χ1n) is 5.11. The smallest absolute Gasteiger partial charge is 0.143 e. The predicted molar refractivity (Wildman–Crippen MR) is 64.7 cm³/mol. The van der Waals surface area contributed by atoms with Gasteiger partial charge < -0.3 is 4.74 Å². The van der Waals surface area contributed by atoms with Gasteiger partial charge in [-0.1, -0.05) is 28.1 Å². The number of benzene rings is 1. The Morgan fingerprint density at radius 2 is 2.07 bits per heavy atom. The van der Waals surface area contributed by atoms with E-state index in [-0.39, 0.29) is 11.3 Å². The highest BCUT2D eigenvalue weighted by Gasteiger charge is 2.41. The standard InChI is InChI=1S/C12H16BrNO/c1-11(2)8-15-12(3,14-11)9-5-4-6-10(13)7-9/h4-7,14H,8H2,1-3H3. The van der Waals surface area contributed by atoms with Crippen LogP contribution in [0.15, 0.2) is 28.7 Å². The van der Waals surface area contributed by atoms with Gasteiger partial charge in [-0.3, -0.25) is 5.32 Å². The van der Waals surface area contributed by atoms with Gasteiger partial charge in [-0.2, -0.15) is 0 Å². The van der Waals surface area contributed by atoms with Gasteiger partial charge in [0.05, 0.1) is 6.61 Å². The van der Waals surface area contributed by atoms with E-state index in [4.69, 9.17) is 4.74 Å². The first-order chi connectivity index (χ1) is 6.91. The summed E-state index contributed by atoms with van der Waals surface area (Å²) >= 11 is 3.48. The summed E-state index contributed by atoms with van der Waals surface area (Å²) in [5.41, 5.74) is 0.826. The van der Waals surface area contributed by atoms with Gasteiger partial charge >= 0.3 is 0 Å². The molecule has 1 saturated heterocycles. The van der Waals surface area contributed by atoms with Gasteiger partial charge in [0.2, 0.25) is 0 Å². The summed E-state index contributed by atoms with van der Waals surface area (Å²) in [5.74, 6) is 0. The van der Waals surface area contributed by atoms with Crippen LogP contribution in [0.2, 0.25) is 0 Å². The number of ether oxygens (including phenoxy) is 1. The highest BCUT2D eigenvalue weighted by Crippen LogP contribution is 2.32. The van der Waals surface area contributed by atoms with Crippen molar-refractivity contribution in [1.82, 2.24) is 5.32 Å². The third-order valence-electron chi connectivity index (χ3n) is 2.67. The molecule has 0 aromatic heterocycles. The van der Waals surface area contributed by atoms with Crippen molar-refractivity contribution in [3.63, 3.8) is 0 Å². The molecule has 1 aliphatic rings. The maximum Gasteiger partial charge on any atom is 0.143 e. The zero-order chi connectivity index (χ0) is 11.1. The molecule has 1 aromatic rings. The molecule has 1 aromatic carbocycles. The molecular formula is C12H16BrNO. The Kier molecular flexibility index (Phi) is 2.65. The highest BCUT2D eigenvalue weighted by atomic mass is 79.9. The van der Waals surface area contributed by atoms with E-state index in [0.717, 1.165) is 16.6 Å².